The molecule has 0 fully saturated rings. The lowest BCUT2D eigenvalue weighted by molar-refractivity contribution is 0.437. The number of fused-ring (bicyclic) bond motifs is 2. The second-order valence-corrected chi connectivity index (χ2v) is 7.07. The predicted molar refractivity (Wildman–Crippen MR) is 77.4 cm³/mol. The van der Waals surface area contributed by atoms with Crippen LogP contribution in [0.25, 0.3) is 0 Å². The molecule has 0 atom stereocenters. The maximum Gasteiger partial charge on any atom is 0.214 e. The van der Waals surface area contributed by atoms with Crippen molar-refractivity contribution in [3.8, 4) is 11.5 Å². The first-order valence-electron chi connectivity index (χ1n) is 6.48. The molecular weight excluding hydrogens is 272 g/mol. The minimum Gasteiger partial charge on any atom is -0.454 e. The Labute approximate surface area is 119 Å². The molecular formula is C16H16O3S. The highest BCUT2D eigenvalue weighted by Gasteiger charge is 2.35. The van der Waals surface area contributed by atoms with E-state index in [0.29, 0.717) is 16.4 Å². The van der Waals surface area contributed by atoms with Gasteiger partial charge in [-0.3, -0.25) is 0 Å². The summed E-state index contributed by atoms with van der Waals surface area (Å²) >= 11 is 0. The summed E-state index contributed by atoms with van der Waals surface area (Å²) in [5.74, 6) is 0.884. The van der Waals surface area contributed by atoms with Gasteiger partial charge in [0.15, 0.2) is 0 Å². The van der Waals surface area contributed by atoms with Gasteiger partial charge in [-0.2, -0.15) is 0 Å². The number of benzene rings is 2. The van der Waals surface area contributed by atoms with Crippen LogP contribution in [-0.2, 0) is 9.84 Å². The topological polar surface area (TPSA) is 43.4 Å². The molecule has 0 aliphatic carbocycles. The van der Waals surface area contributed by atoms with E-state index in [2.05, 4.69) is 0 Å². The van der Waals surface area contributed by atoms with Crippen molar-refractivity contribution in [3.63, 3.8) is 0 Å². The summed E-state index contributed by atoms with van der Waals surface area (Å²) in [4.78, 5) is 0.565. The van der Waals surface area contributed by atoms with Crippen molar-refractivity contribution in [1.82, 2.24) is 0 Å². The van der Waals surface area contributed by atoms with E-state index in [-0.39, 0.29) is 4.90 Å². The molecule has 20 heavy (non-hydrogen) atoms. The van der Waals surface area contributed by atoms with Gasteiger partial charge in [-0.25, -0.2) is 8.42 Å². The molecule has 3 rings (SSSR count). The molecule has 0 aromatic heterocycles. The van der Waals surface area contributed by atoms with Gasteiger partial charge in [0.1, 0.15) is 21.3 Å². The Kier molecular flexibility index (Phi) is 2.70. The van der Waals surface area contributed by atoms with Crippen molar-refractivity contribution >= 4 is 9.84 Å². The van der Waals surface area contributed by atoms with Crippen molar-refractivity contribution in [2.75, 3.05) is 0 Å². The maximum absolute atomic E-state index is 12.9. The molecule has 1 aliphatic heterocycles. The molecule has 0 unspecified atom stereocenters. The summed E-state index contributed by atoms with van der Waals surface area (Å²) in [6.07, 6.45) is 0. The molecule has 0 radical (unpaired) electrons. The normalized spacial score (nSPS) is 15.2. The quantitative estimate of drug-likeness (QED) is 0.631. The summed E-state index contributed by atoms with van der Waals surface area (Å²) < 4.78 is 31.6. The van der Waals surface area contributed by atoms with Crippen molar-refractivity contribution in [3.05, 3.63) is 46.5 Å². The largest absolute Gasteiger partial charge is 0.454 e. The zero-order valence-electron chi connectivity index (χ0n) is 11.9. The molecule has 2 aromatic rings. The van der Waals surface area contributed by atoms with Crippen LogP contribution >= 0.6 is 0 Å². The minimum atomic E-state index is -3.52. The Balaban J connectivity index is 2.47. The van der Waals surface area contributed by atoms with E-state index in [9.17, 15) is 8.42 Å². The molecule has 0 saturated carbocycles. The van der Waals surface area contributed by atoms with E-state index in [4.69, 9.17) is 4.74 Å². The summed E-state index contributed by atoms with van der Waals surface area (Å²) in [6, 6.07) is 6.79. The molecule has 0 saturated heterocycles. The second kappa shape index (κ2) is 4.09. The fourth-order valence-corrected chi connectivity index (χ4v) is 4.51. The van der Waals surface area contributed by atoms with Crippen LogP contribution in [-0.4, -0.2) is 8.42 Å². The molecule has 0 spiro atoms. The molecule has 4 heteroatoms. The monoisotopic (exact) mass is 288 g/mol. The first kappa shape index (κ1) is 13.2. The molecule has 104 valence electrons. The molecule has 0 N–H and O–H groups in total. The van der Waals surface area contributed by atoms with Crippen LogP contribution in [0.4, 0.5) is 0 Å². The van der Waals surface area contributed by atoms with Gasteiger partial charge in [-0.05, 0) is 62.1 Å². The molecule has 0 amide bonds. The summed E-state index contributed by atoms with van der Waals surface area (Å²) in [5, 5.41) is 0. The van der Waals surface area contributed by atoms with Crippen LogP contribution < -0.4 is 4.74 Å². The van der Waals surface area contributed by atoms with Crippen LogP contribution in [0, 0.1) is 27.7 Å². The average molecular weight is 288 g/mol. The Morgan fingerprint density at radius 1 is 0.850 bits per heavy atom. The van der Waals surface area contributed by atoms with Crippen molar-refractivity contribution < 1.29 is 13.2 Å². The zero-order chi connectivity index (χ0) is 14.7. The number of para-hydroxylation sites is 1. The third-order valence-corrected chi connectivity index (χ3v) is 6.14. The SMILES string of the molecule is Cc1c(C)c(C)c2c(c1C)Oc1ccccc1S2(=O)=O. The third kappa shape index (κ3) is 1.54. The van der Waals surface area contributed by atoms with Gasteiger partial charge in [0.05, 0.1) is 0 Å². The van der Waals surface area contributed by atoms with Gasteiger partial charge >= 0.3 is 0 Å². The number of ether oxygens (including phenoxy) is 1. The van der Waals surface area contributed by atoms with Crippen LogP contribution in [0.5, 0.6) is 11.5 Å². The number of hydrogen-bond acceptors (Lipinski definition) is 3. The van der Waals surface area contributed by atoms with Gasteiger partial charge < -0.3 is 4.74 Å². The van der Waals surface area contributed by atoms with E-state index in [1.807, 2.05) is 27.7 Å². The van der Waals surface area contributed by atoms with Crippen molar-refractivity contribution in [2.45, 2.75) is 37.5 Å². The number of sulfone groups is 1. The third-order valence-electron chi connectivity index (χ3n) is 4.19. The van der Waals surface area contributed by atoms with Gasteiger partial charge in [0, 0.05) is 0 Å². The molecule has 2 aromatic carbocycles. The van der Waals surface area contributed by atoms with Crippen LogP contribution in [0.15, 0.2) is 34.1 Å². The van der Waals surface area contributed by atoms with Crippen LogP contribution in [0.1, 0.15) is 22.3 Å². The van der Waals surface area contributed by atoms with Crippen molar-refractivity contribution in [2.24, 2.45) is 0 Å². The standard InChI is InChI=1S/C16H16O3S/c1-9-10(2)12(4)16-15(11(9)3)19-13-7-5-6-8-14(13)20(16,17)18/h5-8H,1-4H3. The van der Waals surface area contributed by atoms with Gasteiger partial charge in [0.25, 0.3) is 0 Å². The van der Waals surface area contributed by atoms with Gasteiger partial charge in [0.2, 0.25) is 9.84 Å². The molecule has 3 nitrogen and oxygen atoms in total. The Bertz CT molecular complexity index is 833. The lowest BCUT2D eigenvalue weighted by Gasteiger charge is -2.25. The summed E-state index contributed by atoms with van der Waals surface area (Å²) in [6.45, 7) is 7.70. The number of rotatable bonds is 0. The lowest BCUT2D eigenvalue weighted by atomic mass is 9.98. The Morgan fingerprint density at radius 2 is 1.45 bits per heavy atom. The zero-order valence-corrected chi connectivity index (χ0v) is 12.8. The molecule has 1 aliphatic rings. The smallest absolute Gasteiger partial charge is 0.214 e. The Morgan fingerprint density at radius 3 is 2.15 bits per heavy atom. The fraction of sp³-hybridized carbons (Fsp3) is 0.250. The molecule has 0 bridgehead atoms. The summed E-state index contributed by atoms with van der Waals surface area (Å²) in [5.41, 5.74) is 3.75. The van der Waals surface area contributed by atoms with Crippen molar-refractivity contribution in [1.29, 1.82) is 0 Å². The van der Waals surface area contributed by atoms with E-state index in [1.165, 1.54) is 0 Å². The fourth-order valence-electron chi connectivity index (χ4n) is 2.67. The summed E-state index contributed by atoms with van der Waals surface area (Å²) in [7, 11) is -3.52. The maximum atomic E-state index is 12.9. The first-order valence-corrected chi connectivity index (χ1v) is 7.96. The lowest BCUT2D eigenvalue weighted by Crippen LogP contribution is -2.15. The Hall–Kier alpha value is -1.81. The highest BCUT2D eigenvalue weighted by molar-refractivity contribution is 7.91. The van der Waals surface area contributed by atoms with Crippen LogP contribution in [0.3, 0.4) is 0 Å². The van der Waals surface area contributed by atoms with E-state index in [1.54, 1.807) is 24.3 Å². The highest BCUT2D eigenvalue weighted by atomic mass is 32.2. The van der Waals surface area contributed by atoms with Gasteiger partial charge in [-0.15, -0.1) is 0 Å². The average Bonchev–Trinajstić information content (AvgIpc) is 2.42. The predicted octanol–water partition coefficient (Wildman–Crippen LogP) is 3.86. The highest BCUT2D eigenvalue weighted by Crippen LogP contribution is 2.47. The molecule has 1 heterocycles. The van der Waals surface area contributed by atoms with Crippen LogP contribution in [0.2, 0.25) is 0 Å². The van der Waals surface area contributed by atoms with E-state index >= 15 is 0 Å². The van der Waals surface area contributed by atoms with E-state index in [0.717, 1.165) is 22.3 Å². The number of hydrogen-bond donors (Lipinski definition) is 0. The van der Waals surface area contributed by atoms with Gasteiger partial charge in [-0.1, -0.05) is 12.1 Å². The first-order chi connectivity index (χ1) is 9.35. The second-order valence-electron chi connectivity index (χ2n) is 5.21. The minimum absolute atomic E-state index is 0.248. The van der Waals surface area contributed by atoms with E-state index < -0.39 is 9.84 Å².